The molecular weight excluding hydrogens is 336 g/mol. The van der Waals surface area contributed by atoms with Crippen molar-refractivity contribution in [3.05, 3.63) is 35.9 Å². The van der Waals surface area contributed by atoms with Gasteiger partial charge < -0.3 is 24.8 Å². The number of nitrogens with zero attached hydrogens (tertiary/aromatic N) is 1. The van der Waals surface area contributed by atoms with Gasteiger partial charge in [0.15, 0.2) is 0 Å². The molecule has 0 radical (unpaired) electrons. The van der Waals surface area contributed by atoms with E-state index in [9.17, 15) is 14.7 Å². The summed E-state index contributed by atoms with van der Waals surface area (Å²) in [6.07, 6.45) is -0.402. The first-order valence-corrected chi connectivity index (χ1v) is 8.84. The van der Waals surface area contributed by atoms with Crippen LogP contribution < -0.4 is 5.32 Å². The Hall–Kier alpha value is -2.28. The minimum atomic E-state index is -0.581. The minimum absolute atomic E-state index is 0.0637. The fourth-order valence-electron chi connectivity index (χ4n) is 2.79. The predicted molar refractivity (Wildman–Crippen MR) is 96.6 cm³/mol. The maximum absolute atomic E-state index is 12.2. The van der Waals surface area contributed by atoms with Gasteiger partial charge in [-0.25, -0.2) is 9.59 Å². The van der Waals surface area contributed by atoms with Gasteiger partial charge in [0, 0.05) is 25.6 Å². The Balaban J connectivity index is 1.89. The van der Waals surface area contributed by atoms with Crippen LogP contribution in [0.1, 0.15) is 32.8 Å². The third-order valence-electron chi connectivity index (χ3n) is 4.16. The Bertz CT molecular complexity index is 600. The molecule has 1 fully saturated rings. The number of carbonyl (C=O) groups is 2. The van der Waals surface area contributed by atoms with E-state index in [2.05, 4.69) is 5.32 Å². The van der Waals surface area contributed by atoms with Crippen LogP contribution in [0.5, 0.6) is 0 Å². The zero-order valence-corrected chi connectivity index (χ0v) is 15.6. The molecule has 2 N–H and O–H groups in total. The van der Waals surface area contributed by atoms with Gasteiger partial charge in [0.2, 0.25) is 0 Å². The molecule has 1 aromatic rings. The van der Waals surface area contributed by atoms with Gasteiger partial charge in [-0.15, -0.1) is 0 Å². The summed E-state index contributed by atoms with van der Waals surface area (Å²) in [5.41, 5.74) is 0.308. The highest BCUT2D eigenvalue weighted by atomic mass is 16.6. The van der Waals surface area contributed by atoms with Crippen molar-refractivity contribution in [1.29, 1.82) is 0 Å². The number of carbonyl (C=O) groups excluding carboxylic acids is 2. The highest BCUT2D eigenvalue weighted by Gasteiger charge is 2.34. The van der Waals surface area contributed by atoms with Crippen LogP contribution in [0, 0.1) is 5.92 Å². The maximum atomic E-state index is 12.2. The highest BCUT2D eigenvalue weighted by molar-refractivity contribution is 5.70. The average molecular weight is 364 g/mol. The second-order valence-electron chi connectivity index (χ2n) is 7.47. The number of aliphatic hydroxyl groups excluding tert-OH is 1. The number of amides is 2. The molecule has 0 aliphatic carbocycles. The first-order valence-electron chi connectivity index (χ1n) is 8.84. The summed E-state index contributed by atoms with van der Waals surface area (Å²) in [6, 6.07) is 8.99. The molecule has 2 atom stereocenters. The fraction of sp³-hybridized carbons (Fsp3) is 0.579. The van der Waals surface area contributed by atoms with Crippen LogP contribution in [0.2, 0.25) is 0 Å². The maximum Gasteiger partial charge on any atom is 0.410 e. The Morgan fingerprint density at radius 1 is 1.27 bits per heavy atom. The number of hydrogen-bond donors (Lipinski definition) is 2. The zero-order valence-electron chi connectivity index (χ0n) is 15.6. The molecular formula is C19H28N2O5. The zero-order chi connectivity index (χ0) is 19.2. The van der Waals surface area contributed by atoms with Crippen molar-refractivity contribution in [1.82, 2.24) is 10.2 Å². The largest absolute Gasteiger partial charge is 0.445 e. The molecule has 2 unspecified atom stereocenters. The van der Waals surface area contributed by atoms with Crippen LogP contribution >= 0.6 is 0 Å². The number of piperidine rings is 1. The number of rotatable bonds is 4. The number of hydrogen-bond acceptors (Lipinski definition) is 5. The van der Waals surface area contributed by atoms with Crippen LogP contribution in [-0.2, 0) is 16.1 Å². The van der Waals surface area contributed by atoms with Crippen molar-refractivity contribution < 1.29 is 24.2 Å². The van der Waals surface area contributed by atoms with Crippen LogP contribution in [0.4, 0.5) is 9.59 Å². The van der Waals surface area contributed by atoms with Crippen molar-refractivity contribution >= 4 is 12.2 Å². The minimum Gasteiger partial charge on any atom is -0.445 e. The first kappa shape index (κ1) is 20.0. The molecule has 1 heterocycles. The van der Waals surface area contributed by atoms with Gasteiger partial charge in [0.05, 0.1) is 6.04 Å². The molecule has 1 aliphatic heterocycles. The molecule has 7 heteroatoms. The number of nitrogens with one attached hydrogen (secondary N) is 1. The van der Waals surface area contributed by atoms with E-state index in [1.165, 1.54) is 0 Å². The number of likely N-dealkylation sites (tertiary alicyclic amines) is 1. The van der Waals surface area contributed by atoms with Gasteiger partial charge in [-0.2, -0.15) is 0 Å². The molecule has 0 saturated carbocycles. The van der Waals surface area contributed by atoms with E-state index in [0.29, 0.717) is 13.0 Å². The number of ether oxygens (including phenoxy) is 2. The highest BCUT2D eigenvalue weighted by Crippen LogP contribution is 2.20. The summed E-state index contributed by atoms with van der Waals surface area (Å²) >= 11 is 0. The molecule has 1 saturated heterocycles. The van der Waals surface area contributed by atoms with E-state index >= 15 is 0 Å². The van der Waals surface area contributed by atoms with E-state index in [-0.39, 0.29) is 31.7 Å². The predicted octanol–water partition coefficient (Wildman–Crippen LogP) is 2.53. The van der Waals surface area contributed by atoms with E-state index in [1.807, 2.05) is 51.1 Å². The van der Waals surface area contributed by atoms with Crippen LogP contribution in [0.15, 0.2) is 30.3 Å². The third kappa shape index (κ3) is 6.22. The van der Waals surface area contributed by atoms with Gasteiger partial charge in [-0.1, -0.05) is 30.3 Å². The van der Waals surface area contributed by atoms with Gasteiger partial charge in [-0.3, -0.25) is 0 Å². The molecule has 2 rings (SSSR count). The summed E-state index contributed by atoms with van der Waals surface area (Å²) in [5, 5.41) is 12.3. The summed E-state index contributed by atoms with van der Waals surface area (Å²) < 4.78 is 10.6. The van der Waals surface area contributed by atoms with Crippen LogP contribution in [0.25, 0.3) is 0 Å². The Morgan fingerprint density at radius 3 is 2.58 bits per heavy atom. The van der Waals surface area contributed by atoms with Gasteiger partial charge in [0.1, 0.15) is 12.2 Å². The summed E-state index contributed by atoms with van der Waals surface area (Å²) in [5.74, 6) is -0.127. The lowest BCUT2D eigenvalue weighted by molar-refractivity contribution is 0.00947. The molecule has 1 aliphatic rings. The molecule has 0 bridgehead atoms. The quantitative estimate of drug-likeness (QED) is 0.857. The molecule has 1 aromatic carbocycles. The van der Waals surface area contributed by atoms with Crippen molar-refractivity contribution in [2.24, 2.45) is 5.92 Å². The second kappa shape index (κ2) is 8.89. The molecule has 0 aromatic heterocycles. The lowest BCUT2D eigenvalue weighted by Gasteiger charge is -2.38. The molecule has 7 nitrogen and oxygen atoms in total. The lowest BCUT2D eigenvalue weighted by atomic mass is 9.92. The Kier molecular flexibility index (Phi) is 6.85. The smallest absolute Gasteiger partial charge is 0.410 e. The number of benzene rings is 1. The van der Waals surface area contributed by atoms with Gasteiger partial charge >= 0.3 is 12.2 Å². The van der Waals surface area contributed by atoms with Crippen LogP contribution in [0.3, 0.4) is 0 Å². The molecule has 0 spiro atoms. The van der Waals surface area contributed by atoms with E-state index in [4.69, 9.17) is 9.47 Å². The lowest BCUT2D eigenvalue weighted by Crippen LogP contribution is -2.55. The Morgan fingerprint density at radius 2 is 1.96 bits per heavy atom. The third-order valence-corrected chi connectivity index (χ3v) is 4.16. The summed E-state index contributed by atoms with van der Waals surface area (Å²) in [6.45, 7) is 6.29. The number of alkyl carbamates (subject to hydrolysis) is 1. The summed E-state index contributed by atoms with van der Waals surface area (Å²) in [4.78, 5) is 25.9. The van der Waals surface area contributed by atoms with E-state index < -0.39 is 17.8 Å². The summed E-state index contributed by atoms with van der Waals surface area (Å²) in [7, 11) is 0. The molecule has 144 valence electrons. The van der Waals surface area contributed by atoms with E-state index in [1.54, 1.807) is 4.90 Å². The number of aliphatic hydroxyl groups is 1. The SMILES string of the molecule is CC(C)(C)OC(=O)N1CCC(CO)C(NC(=O)OCc2ccccc2)C1. The fourth-order valence-corrected chi connectivity index (χ4v) is 2.79. The van der Waals surface area contributed by atoms with Gasteiger partial charge in [-0.05, 0) is 32.8 Å². The molecule has 26 heavy (non-hydrogen) atoms. The normalized spacial score (nSPS) is 20.4. The molecule has 2 amide bonds. The second-order valence-corrected chi connectivity index (χ2v) is 7.47. The van der Waals surface area contributed by atoms with Crippen LogP contribution in [-0.4, -0.2) is 53.5 Å². The Labute approximate surface area is 154 Å². The standard InChI is InChI=1S/C19H28N2O5/c1-19(2,3)26-18(24)21-10-9-15(12-22)16(11-21)20-17(23)25-13-14-7-5-4-6-8-14/h4-8,15-16,22H,9-13H2,1-3H3,(H,20,23). The van der Waals surface area contributed by atoms with Crippen molar-refractivity contribution in [2.45, 2.75) is 45.4 Å². The van der Waals surface area contributed by atoms with Gasteiger partial charge in [0.25, 0.3) is 0 Å². The van der Waals surface area contributed by atoms with Crippen molar-refractivity contribution in [3.8, 4) is 0 Å². The van der Waals surface area contributed by atoms with Crippen molar-refractivity contribution in [3.63, 3.8) is 0 Å². The monoisotopic (exact) mass is 364 g/mol. The van der Waals surface area contributed by atoms with Crippen molar-refractivity contribution in [2.75, 3.05) is 19.7 Å². The first-order chi connectivity index (χ1) is 12.3. The topological polar surface area (TPSA) is 88.1 Å². The average Bonchev–Trinajstić information content (AvgIpc) is 2.59. The van der Waals surface area contributed by atoms with E-state index in [0.717, 1.165) is 5.56 Å².